The summed E-state index contributed by atoms with van der Waals surface area (Å²) >= 11 is 0. The zero-order valence-electron chi connectivity index (χ0n) is 29.6. The second-order valence-electron chi connectivity index (χ2n) is 22.0. The smallest absolute Gasteiger partial charge is 0.0165 e. The summed E-state index contributed by atoms with van der Waals surface area (Å²) in [6.07, 6.45) is 14.6. The summed E-state index contributed by atoms with van der Waals surface area (Å²) in [5.41, 5.74) is 1.21. The second-order valence-corrected chi connectivity index (χ2v) is 22.0. The van der Waals surface area contributed by atoms with Crippen molar-refractivity contribution in [3.63, 3.8) is 0 Å². The molecule has 0 aliphatic heterocycles. The molecular weight excluding hydrogens is 516 g/mol. The fourth-order valence-corrected chi connectivity index (χ4v) is 19.7. The van der Waals surface area contributed by atoms with Gasteiger partial charge in [0.05, 0.1) is 0 Å². The maximum absolute atomic E-state index is 2.86. The van der Waals surface area contributed by atoms with Gasteiger partial charge in [0.1, 0.15) is 0 Å². The highest BCUT2D eigenvalue weighted by atomic mass is 14.9. The van der Waals surface area contributed by atoms with Crippen molar-refractivity contribution < 1.29 is 0 Å². The first-order valence-electron chi connectivity index (χ1n) is 20.4. The summed E-state index contributed by atoms with van der Waals surface area (Å²) in [7, 11) is 0. The molecule has 10 aliphatic carbocycles. The van der Waals surface area contributed by atoms with Crippen LogP contribution in [0.1, 0.15) is 120 Å². The summed E-state index contributed by atoms with van der Waals surface area (Å²) < 4.78 is 0. The fraction of sp³-hybridized carbons (Fsp3) is 1.00. The van der Waals surface area contributed by atoms with Gasteiger partial charge < -0.3 is 0 Å². The van der Waals surface area contributed by atoms with E-state index in [9.17, 15) is 0 Å². The monoisotopic (exact) mass is 585 g/mol. The van der Waals surface area contributed by atoms with Gasteiger partial charge in [-0.05, 0) is 205 Å². The van der Waals surface area contributed by atoms with Crippen molar-refractivity contribution in [3.8, 4) is 0 Å². The summed E-state index contributed by atoms with van der Waals surface area (Å²) in [6, 6.07) is 0. The van der Waals surface area contributed by atoms with Crippen LogP contribution in [0.2, 0.25) is 0 Å². The van der Waals surface area contributed by atoms with Crippen molar-refractivity contribution >= 4 is 0 Å². The lowest BCUT2D eigenvalue weighted by Gasteiger charge is -2.72. The third-order valence-corrected chi connectivity index (χ3v) is 19.7. The molecule has 0 heterocycles. The quantitative estimate of drug-likeness (QED) is 0.287. The minimum Gasteiger partial charge on any atom is -0.0625 e. The van der Waals surface area contributed by atoms with Gasteiger partial charge in [-0.1, -0.05) is 62.3 Å². The molecule has 10 rings (SSSR count). The molecule has 10 fully saturated rings. The van der Waals surface area contributed by atoms with Crippen LogP contribution in [0.25, 0.3) is 0 Å². The van der Waals surface area contributed by atoms with E-state index >= 15 is 0 Å². The first kappa shape index (κ1) is 28.1. The molecule has 0 N–H and O–H groups in total. The molecule has 0 amide bonds. The van der Waals surface area contributed by atoms with Gasteiger partial charge in [0.2, 0.25) is 0 Å². The lowest BCUT2D eigenvalue weighted by molar-refractivity contribution is -0.254. The fourth-order valence-electron chi connectivity index (χ4n) is 19.7. The van der Waals surface area contributed by atoms with Gasteiger partial charge >= 0.3 is 0 Å². The topological polar surface area (TPSA) is 0 Å². The number of hydrogen-bond acceptors (Lipinski definition) is 0. The average Bonchev–Trinajstić information content (AvgIpc) is 3.63. The zero-order chi connectivity index (χ0) is 29.6. The van der Waals surface area contributed by atoms with Crippen molar-refractivity contribution in [3.05, 3.63) is 0 Å². The van der Waals surface area contributed by atoms with Crippen molar-refractivity contribution in [1.29, 1.82) is 0 Å². The Labute approximate surface area is 266 Å². The molecule has 0 bridgehead atoms. The second kappa shape index (κ2) is 8.72. The van der Waals surface area contributed by atoms with E-state index < -0.39 is 0 Å². The van der Waals surface area contributed by atoms with Gasteiger partial charge in [0, 0.05) is 0 Å². The summed E-state index contributed by atoms with van der Waals surface area (Å²) in [5.74, 6) is 24.6. The van der Waals surface area contributed by atoms with E-state index in [1.165, 1.54) is 0 Å². The first-order valence-corrected chi connectivity index (χ1v) is 20.4. The maximum Gasteiger partial charge on any atom is -0.0165 e. The first-order chi connectivity index (χ1) is 20.4. The minimum atomic E-state index is 0.485. The van der Waals surface area contributed by atoms with Crippen LogP contribution in [-0.4, -0.2) is 0 Å². The molecule has 23 atom stereocenters. The van der Waals surface area contributed by atoms with Crippen LogP contribution in [0.3, 0.4) is 0 Å². The molecule has 23 unspecified atom stereocenters. The van der Waals surface area contributed by atoms with E-state index in [1.807, 2.05) is 0 Å². The van der Waals surface area contributed by atoms with Gasteiger partial charge in [-0.3, -0.25) is 0 Å². The van der Waals surface area contributed by atoms with E-state index in [0.29, 0.717) is 5.41 Å². The van der Waals surface area contributed by atoms with Gasteiger partial charge in [-0.25, -0.2) is 0 Å². The Hall–Kier alpha value is 0. The zero-order valence-corrected chi connectivity index (χ0v) is 29.6. The Balaban J connectivity index is 1.22. The van der Waals surface area contributed by atoms with Crippen molar-refractivity contribution in [2.24, 2.45) is 147 Å². The molecule has 0 aromatic rings. The Kier molecular flexibility index (Phi) is 5.69. The molecule has 0 radical (unpaired) electrons. The number of fused-ring (bicyclic) bond motifs is 4. The van der Waals surface area contributed by atoms with Gasteiger partial charge in [-0.2, -0.15) is 0 Å². The van der Waals surface area contributed by atoms with Crippen LogP contribution in [0.4, 0.5) is 0 Å². The Morgan fingerprint density at radius 2 is 1.16 bits per heavy atom. The van der Waals surface area contributed by atoms with Crippen molar-refractivity contribution in [2.75, 3.05) is 0 Å². The average molecular weight is 585 g/mol. The molecule has 0 aromatic heterocycles. The Morgan fingerprint density at radius 1 is 0.535 bits per heavy atom. The molecule has 0 nitrogen and oxygen atoms in total. The predicted molar refractivity (Wildman–Crippen MR) is 178 cm³/mol. The predicted octanol–water partition coefficient (Wildman–Crippen LogP) is 11.0. The molecule has 240 valence electrons. The van der Waals surface area contributed by atoms with Crippen LogP contribution in [0.5, 0.6) is 0 Å². The minimum absolute atomic E-state index is 0.485. The standard InChI is InChI=1S/C43H68/c1-19(2)26-18-33-32-17-25(42(7,8)9)15-24-16-27-22(5)14-31-29-11-20(3)10-28-30-12-21(4)13-34-36(30)38(35(28)29)37(31)41(27)43(34,40(24)32)39(33)23(26)6/h19-41H,10-18H2,1-9H3. The third-order valence-electron chi connectivity index (χ3n) is 19.7. The maximum atomic E-state index is 2.86. The molecule has 10 saturated carbocycles. The Bertz CT molecular complexity index is 1160. The van der Waals surface area contributed by atoms with Crippen LogP contribution in [0, 0.1) is 147 Å². The van der Waals surface area contributed by atoms with E-state index in [1.54, 1.807) is 57.8 Å². The number of hydrogen-bond donors (Lipinski definition) is 0. The van der Waals surface area contributed by atoms with Crippen LogP contribution < -0.4 is 0 Å². The largest absolute Gasteiger partial charge is 0.0625 e. The highest BCUT2D eigenvalue weighted by Crippen LogP contribution is 2.87. The number of rotatable bonds is 1. The van der Waals surface area contributed by atoms with Crippen LogP contribution >= 0.6 is 0 Å². The van der Waals surface area contributed by atoms with E-state index in [4.69, 9.17) is 0 Å². The lowest BCUT2D eigenvalue weighted by Crippen LogP contribution is -2.68. The van der Waals surface area contributed by atoms with E-state index in [2.05, 4.69) is 62.3 Å². The SMILES string of the molecule is CC1CC2C3CC(C)CC4C3C3C2C(C1)C1CC(C)C2CC5CC(C(C)(C)C)CC6C7CC(C(C)C)C(C)C7C4(C56)C2C13. The highest BCUT2D eigenvalue weighted by molar-refractivity contribution is 5.30. The summed E-state index contributed by atoms with van der Waals surface area (Å²) in [5, 5.41) is 0. The van der Waals surface area contributed by atoms with E-state index in [0.717, 1.165) is 142 Å². The van der Waals surface area contributed by atoms with Crippen molar-refractivity contribution in [1.82, 2.24) is 0 Å². The van der Waals surface area contributed by atoms with Crippen LogP contribution in [0.15, 0.2) is 0 Å². The Morgan fingerprint density at radius 3 is 1.84 bits per heavy atom. The third kappa shape index (κ3) is 3.15. The molecule has 10 aliphatic rings. The molecule has 0 heteroatoms. The van der Waals surface area contributed by atoms with Crippen molar-refractivity contribution in [2.45, 2.75) is 120 Å². The normalized spacial score (nSPS) is 67.1. The highest BCUT2D eigenvalue weighted by Gasteiger charge is 2.83. The molecule has 0 aromatic carbocycles. The van der Waals surface area contributed by atoms with Gasteiger partial charge in [-0.15, -0.1) is 0 Å². The summed E-state index contributed by atoms with van der Waals surface area (Å²) in [4.78, 5) is 0. The molecule has 1 spiro atoms. The van der Waals surface area contributed by atoms with Gasteiger partial charge in [0.25, 0.3) is 0 Å². The lowest BCUT2D eigenvalue weighted by atomic mass is 9.32. The van der Waals surface area contributed by atoms with Crippen LogP contribution in [-0.2, 0) is 0 Å². The van der Waals surface area contributed by atoms with Gasteiger partial charge in [0.15, 0.2) is 0 Å². The molecular formula is C43H68. The molecule has 43 heavy (non-hydrogen) atoms. The summed E-state index contributed by atoms with van der Waals surface area (Å²) in [6.45, 7) is 24.3. The van der Waals surface area contributed by atoms with E-state index in [-0.39, 0.29) is 0 Å². The molecule has 0 saturated heterocycles.